The average molecular weight is 203 g/mol. The summed E-state index contributed by atoms with van der Waals surface area (Å²) in [4.78, 5) is 6.72. The highest BCUT2D eigenvalue weighted by atomic mass is 15.2. The van der Waals surface area contributed by atoms with Gasteiger partial charge in [0, 0.05) is 32.0 Å². The Morgan fingerprint density at radius 2 is 2.13 bits per heavy atom. The van der Waals surface area contributed by atoms with Crippen LogP contribution >= 0.6 is 0 Å². The highest BCUT2D eigenvalue weighted by Crippen LogP contribution is 2.27. The van der Waals surface area contributed by atoms with E-state index in [4.69, 9.17) is 0 Å². The predicted octanol–water partition coefficient (Wildman–Crippen LogP) is 0.733. The Morgan fingerprint density at radius 3 is 2.80 bits per heavy atom. The summed E-state index contributed by atoms with van der Waals surface area (Å²) < 4.78 is 0. The van der Waals surface area contributed by atoms with Gasteiger partial charge in [0.25, 0.3) is 0 Å². The summed E-state index contributed by atoms with van der Waals surface area (Å²) in [6.07, 6.45) is 3.82. The van der Waals surface area contributed by atoms with Crippen molar-refractivity contribution < 1.29 is 0 Å². The molecule has 3 heteroatoms. The molecule has 1 N–H and O–H groups in total. The molecule has 2 aliphatic rings. The van der Waals surface area contributed by atoms with Crippen molar-refractivity contribution in [3.63, 3.8) is 0 Å². The number of likely N-dealkylation sites (tertiary alicyclic amines) is 1. The van der Waals surface area contributed by atoms with Crippen molar-refractivity contribution in [1.29, 1.82) is 0 Å². The van der Waals surface area contributed by atoms with Gasteiger partial charge in [0.2, 0.25) is 0 Å². The number of hydrogen-bond donors (Lipinski definition) is 1. The minimum Gasteiger partial charge on any atom is -0.316 e. The Morgan fingerprint density at radius 1 is 1.33 bits per heavy atom. The van der Waals surface area contributed by atoms with Gasteiger partial charge in [-0.05, 0) is 36.6 Å². The van der Waals surface area contributed by atoms with Crippen LogP contribution in [0, 0.1) is 11.8 Å². The van der Waals surface area contributed by atoms with Gasteiger partial charge in [-0.2, -0.15) is 0 Å². The van der Waals surface area contributed by atoms with Gasteiger partial charge in [0.15, 0.2) is 0 Å². The van der Waals surface area contributed by atoms with E-state index in [1.807, 2.05) is 18.5 Å². The Balaban J connectivity index is 1.62. The number of rotatable bonds is 2. The lowest BCUT2D eigenvalue weighted by Crippen LogP contribution is -2.25. The summed E-state index contributed by atoms with van der Waals surface area (Å²) >= 11 is 0. The summed E-state index contributed by atoms with van der Waals surface area (Å²) in [5.74, 6) is 1.78. The topological polar surface area (TPSA) is 28.2 Å². The Hall–Kier alpha value is -0.930. The maximum atomic E-state index is 4.16. The Labute approximate surface area is 90.5 Å². The monoisotopic (exact) mass is 203 g/mol. The molecule has 80 valence electrons. The van der Waals surface area contributed by atoms with Gasteiger partial charge in [-0.15, -0.1) is 0 Å². The molecule has 2 aliphatic heterocycles. The Kier molecular flexibility index (Phi) is 2.43. The van der Waals surface area contributed by atoms with Crippen LogP contribution in [-0.2, 0) is 6.54 Å². The smallest absolute Gasteiger partial charge is 0.0312 e. The van der Waals surface area contributed by atoms with Crippen LogP contribution in [0.4, 0.5) is 0 Å². The zero-order valence-corrected chi connectivity index (χ0v) is 8.89. The molecule has 3 heterocycles. The standard InChI is InChI=1S/C12H17N3/c1-2-10(4-13-3-1)7-15-8-11-5-14-6-12(11)9-15/h1-4,11-12,14H,5-9H2. The van der Waals surface area contributed by atoms with Gasteiger partial charge < -0.3 is 5.32 Å². The molecule has 2 unspecified atom stereocenters. The third-order valence-corrected chi connectivity index (χ3v) is 3.59. The van der Waals surface area contributed by atoms with Crippen LogP contribution in [0.2, 0.25) is 0 Å². The number of nitrogens with zero attached hydrogens (tertiary/aromatic N) is 2. The molecule has 0 spiro atoms. The van der Waals surface area contributed by atoms with E-state index in [1.54, 1.807) is 0 Å². The largest absolute Gasteiger partial charge is 0.316 e. The molecule has 3 nitrogen and oxygen atoms in total. The molecule has 2 atom stereocenters. The molecular formula is C12H17N3. The highest BCUT2D eigenvalue weighted by Gasteiger charge is 2.35. The zero-order chi connectivity index (χ0) is 10.1. The third kappa shape index (κ3) is 1.90. The first-order valence-corrected chi connectivity index (χ1v) is 5.74. The van der Waals surface area contributed by atoms with E-state index in [9.17, 15) is 0 Å². The van der Waals surface area contributed by atoms with E-state index < -0.39 is 0 Å². The van der Waals surface area contributed by atoms with E-state index >= 15 is 0 Å². The van der Waals surface area contributed by atoms with Gasteiger partial charge in [-0.25, -0.2) is 0 Å². The van der Waals surface area contributed by atoms with Crippen molar-refractivity contribution in [2.75, 3.05) is 26.2 Å². The molecule has 2 saturated heterocycles. The van der Waals surface area contributed by atoms with Crippen LogP contribution in [0.15, 0.2) is 24.5 Å². The molecule has 0 saturated carbocycles. The van der Waals surface area contributed by atoms with E-state index in [0.29, 0.717) is 0 Å². The van der Waals surface area contributed by atoms with Crippen LogP contribution in [0.25, 0.3) is 0 Å². The van der Waals surface area contributed by atoms with E-state index in [2.05, 4.69) is 21.3 Å². The number of aromatic nitrogens is 1. The molecule has 1 aromatic rings. The lowest BCUT2D eigenvalue weighted by atomic mass is 10.0. The van der Waals surface area contributed by atoms with Crippen molar-refractivity contribution in [1.82, 2.24) is 15.2 Å². The van der Waals surface area contributed by atoms with Gasteiger partial charge in [-0.1, -0.05) is 6.07 Å². The number of fused-ring (bicyclic) bond motifs is 1. The number of hydrogen-bond acceptors (Lipinski definition) is 3. The van der Waals surface area contributed by atoms with Crippen molar-refractivity contribution in [3.05, 3.63) is 30.1 Å². The van der Waals surface area contributed by atoms with Gasteiger partial charge in [0.1, 0.15) is 0 Å². The second-order valence-corrected chi connectivity index (χ2v) is 4.73. The summed E-state index contributed by atoms with van der Waals surface area (Å²) in [6, 6.07) is 4.19. The summed E-state index contributed by atoms with van der Waals surface area (Å²) in [5, 5.41) is 3.47. The second-order valence-electron chi connectivity index (χ2n) is 4.73. The quantitative estimate of drug-likeness (QED) is 0.768. The number of nitrogens with one attached hydrogen (secondary N) is 1. The van der Waals surface area contributed by atoms with Crippen LogP contribution in [0.1, 0.15) is 5.56 Å². The van der Waals surface area contributed by atoms with Crippen molar-refractivity contribution in [3.8, 4) is 0 Å². The highest BCUT2D eigenvalue weighted by molar-refractivity contribution is 5.09. The molecule has 0 bridgehead atoms. The van der Waals surface area contributed by atoms with Crippen LogP contribution < -0.4 is 5.32 Å². The fourth-order valence-electron chi connectivity index (χ4n) is 2.83. The molecule has 0 amide bonds. The summed E-state index contributed by atoms with van der Waals surface area (Å²) in [5.41, 5.74) is 1.34. The molecular weight excluding hydrogens is 186 g/mol. The summed E-state index contributed by atoms with van der Waals surface area (Å²) in [6.45, 7) is 6.02. The molecule has 0 aliphatic carbocycles. The van der Waals surface area contributed by atoms with Crippen LogP contribution in [-0.4, -0.2) is 36.1 Å². The third-order valence-electron chi connectivity index (χ3n) is 3.59. The van der Waals surface area contributed by atoms with Crippen molar-refractivity contribution in [2.24, 2.45) is 11.8 Å². The molecule has 0 aromatic carbocycles. The average Bonchev–Trinajstić information content (AvgIpc) is 2.79. The molecule has 2 fully saturated rings. The summed E-state index contributed by atoms with van der Waals surface area (Å²) in [7, 11) is 0. The molecule has 0 radical (unpaired) electrons. The van der Waals surface area contributed by atoms with E-state index in [-0.39, 0.29) is 0 Å². The maximum Gasteiger partial charge on any atom is 0.0312 e. The van der Waals surface area contributed by atoms with Crippen LogP contribution in [0.5, 0.6) is 0 Å². The lowest BCUT2D eigenvalue weighted by molar-refractivity contribution is 0.305. The molecule has 3 rings (SSSR count). The molecule has 15 heavy (non-hydrogen) atoms. The minimum absolute atomic E-state index is 0.890. The minimum atomic E-state index is 0.890. The van der Waals surface area contributed by atoms with Crippen molar-refractivity contribution >= 4 is 0 Å². The van der Waals surface area contributed by atoms with Crippen molar-refractivity contribution in [2.45, 2.75) is 6.54 Å². The number of pyridine rings is 1. The van der Waals surface area contributed by atoms with Gasteiger partial charge >= 0.3 is 0 Å². The normalized spacial score (nSPS) is 30.7. The maximum absolute atomic E-state index is 4.16. The fourth-order valence-corrected chi connectivity index (χ4v) is 2.83. The second kappa shape index (κ2) is 3.91. The first-order valence-electron chi connectivity index (χ1n) is 5.74. The lowest BCUT2D eigenvalue weighted by Gasteiger charge is -2.16. The van der Waals surface area contributed by atoms with E-state index in [0.717, 1.165) is 18.4 Å². The SMILES string of the molecule is c1cncc(CN2CC3CNCC3C2)c1. The van der Waals surface area contributed by atoms with E-state index in [1.165, 1.54) is 31.7 Å². The van der Waals surface area contributed by atoms with Gasteiger partial charge in [0.05, 0.1) is 0 Å². The zero-order valence-electron chi connectivity index (χ0n) is 8.89. The van der Waals surface area contributed by atoms with Gasteiger partial charge in [-0.3, -0.25) is 9.88 Å². The first kappa shape index (κ1) is 9.31. The first-order chi connectivity index (χ1) is 7.42. The predicted molar refractivity (Wildman–Crippen MR) is 59.4 cm³/mol. The fraction of sp³-hybridized carbons (Fsp3) is 0.583. The molecule has 1 aromatic heterocycles. The van der Waals surface area contributed by atoms with Crippen LogP contribution in [0.3, 0.4) is 0 Å². The Bertz CT molecular complexity index is 313.